The Balaban J connectivity index is 1.54. The first-order valence-electron chi connectivity index (χ1n) is 6.30. The molecule has 1 amide bonds. The molecule has 3 N–H and O–H groups in total. The molecular weight excluding hydrogens is 232 g/mol. The van der Waals surface area contributed by atoms with Gasteiger partial charge in [0.05, 0.1) is 0 Å². The van der Waals surface area contributed by atoms with Crippen molar-refractivity contribution in [3.8, 4) is 0 Å². The Bertz CT molecular complexity index is 346. The van der Waals surface area contributed by atoms with Crippen LogP contribution >= 0.6 is 11.3 Å². The van der Waals surface area contributed by atoms with Crippen LogP contribution in [0.25, 0.3) is 0 Å². The lowest BCUT2D eigenvalue weighted by atomic mass is 10.2. The number of thiophene rings is 1. The monoisotopic (exact) mass is 252 g/mol. The van der Waals surface area contributed by atoms with E-state index in [1.165, 1.54) is 17.7 Å². The van der Waals surface area contributed by atoms with Gasteiger partial charge in [0.1, 0.15) is 0 Å². The molecule has 1 aromatic rings. The molecule has 94 valence electrons. The van der Waals surface area contributed by atoms with Crippen LogP contribution in [0, 0.1) is 5.92 Å². The van der Waals surface area contributed by atoms with Crippen molar-refractivity contribution >= 4 is 17.2 Å². The van der Waals surface area contributed by atoms with Gasteiger partial charge in [0, 0.05) is 23.9 Å². The summed E-state index contributed by atoms with van der Waals surface area (Å²) in [7, 11) is 0. The molecule has 1 unspecified atom stereocenters. The van der Waals surface area contributed by atoms with E-state index >= 15 is 0 Å². The van der Waals surface area contributed by atoms with Crippen LogP contribution in [-0.4, -0.2) is 18.5 Å². The summed E-state index contributed by atoms with van der Waals surface area (Å²) in [6.07, 6.45) is 4.99. The third-order valence-electron chi connectivity index (χ3n) is 3.17. The molecule has 0 aromatic carbocycles. The van der Waals surface area contributed by atoms with Crippen molar-refractivity contribution in [1.29, 1.82) is 0 Å². The van der Waals surface area contributed by atoms with Gasteiger partial charge in [-0.25, -0.2) is 0 Å². The third kappa shape index (κ3) is 4.48. The van der Waals surface area contributed by atoms with Crippen molar-refractivity contribution in [2.75, 3.05) is 6.54 Å². The molecule has 0 spiro atoms. The van der Waals surface area contributed by atoms with E-state index in [1.807, 2.05) is 0 Å². The molecule has 1 atom stereocenters. The number of nitrogens with one attached hydrogen (secondary N) is 1. The van der Waals surface area contributed by atoms with Crippen LogP contribution in [0.1, 0.15) is 30.6 Å². The Labute approximate surface area is 106 Å². The molecule has 1 aliphatic carbocycles. The molecule has 4 heteroatoms. The molecule has 0 aliphatic heterocycles. The van der Waals surface area contributed by atoms with Gasteiger partial charge in [-0.3, -0.25) is 4.79 Å². The summed E-state index contributed by atoms with van der Waals surface area (Å²) < 4.78 is 0. The van der Waals surface area contributed by atoms with Crippen molar-refractivity contribution in [2.45, 2.75) is 38.1 Å². The quantitative estimate of drug-likeness (QED) is 0.779. The Morgan fingerprint density at radius 1 is 1.59 bits per heavy atom. The highest BCUT2D eigenvalue weighted by Crippen LogP contribution is 2.31. The summed E-state index contributed by atoms with van der Waals surface area (Å²) in [6.45, 7) is 0.641. The number of rotatable bonds is 7. The molecule has 1 fully saturated rings. The van der Waals surface area contributed by atoms with E-state index in [2.05, 4.69) is 22.8 Å². The molecule has 0 bridgehead atoms. The highest BCUT2D eigenvalue weighted by molar-refractivity contribution is 7.09. The second kappa shape index (κ2) is 6.17. The average Bonchev–Trinajstić information content (AvgIpc) is 3.05. The maximum absolute atomic E-state index is 11.6. The molecule has 0 saturated heterocycles. The van der Waals surface area contributed by atoms with Gasteiger partial charge in [-0.2, -0.15) is 0 Å². The third-order valence-corrected chi connectivity index (χ3v) is 4.11. The van der Waals surface area contributed by atoms with Gasteiger partial charge < -0.3 is 11.1 Å². The Morgan fingerprint density at radius 3 is 3.06 bits per heavy atom. The van der Waals surface area contributed by atoms with Crippen molar-refractivity contribution in [2.24, 2.45) is 11.7 Å². The molecule has 3 nitrogen and oxygen atoms in total. The van der Waals surface area contributed by atoms with E-state index in [0.29, 0.717) is 18.9 Å². The smallest absolute Gasteiger partial charge is 0.220 e. The molecule has 17 heavy (non-hydrogen) atoms. The first-order valence-corrected chi connectivity index (χ1v) is 7.18. The van der Waals surface area contributed by atoms with Crippen LogP contribution in [0.15, 0.2) is 17.5 Å². The van der Waals surface area contributed by atoms with Crippen molar-refractivity contribution in [1.82, 2.24) is 5.32 Å². The van der Waals surface area contributed by atoms with Gasteiger partial charge in [0.15, 0.2) is 0 Å². The number of hydrogen-bond donors (Lipinski definition) is 2. The standard InChI is InChI=1S/C13H20N2OS/c14-12(10-6-7-10)9-15-13(16)5-1-3-11-4-2-8-17-11/h2,4,8,10,12H,1,3,5-7,9,14H2,(H,15,16). The Morgan fingerprint density at radius 2 is 2.41 bits per heavy atom. The Kier molecular flexibility index (Phi) is 4.57. The van der Waals surface area contributed by atoms with Crippen LogP contribution in [-0.2, 0) is 11.2 Å². The molecule has 1 aliphatic rings. The lowest BCUT2D eigenvalue weighted by molar-refractivity contribution is -0.121. The van der Waals surface area contributed by atoms with Gasteiger partial charge in [-0.1, -0.05) is 6.07 Å². The first-order chi connectivity index (χ1) is 8.25. The minimum atomic E-state index is 0.137. The predicted octanol–water partition coefficient (Wildman–Crippen LogP) is 1.92. The van der Waals surface area contributed by atoms with Crippen LogP contribution in [0.4, 0.5) is 0 Å². The van der Waals surface area contributed by atoms with E-state index in [4.69, 9.17) is 5.73 Å². The fourth-order valence-corrected chi connectivity index (χ4v) is 2.64. The fraction of sp³-hybridized carbons (Fsp3) is 0.615. The first kappa shape index (κ1) is 12.6. The SMILES string of the molecule is NC(CNC(=O)CCCc1cccs1)C1CC1. The molecule has 1 saturated carbocycles. The molecule has 2 rings (SSSR count). The minimum absolute atomic E-state index is 0.137. The van der Waals surface area contributed by atoms with Crippen molar-refractivity contribution < 1.29 is 4.79 Å². The van der Waals surface area contributed by atoms with Gasteiger partial charge >= 0.3 is 0 Å². The average molecular weight is 252 g/mol. The molecule has 1 heterocycles. The largest absolute Gasteiger partial charge is 0.355 e. The van der Waals surface area contributed by atoms with Crippen LogP contribution in [0.2, 0.25) is 0 Å². The zero-order chi connectivity index (χ0) is 12.1. The lowest BCUT2D eigenvalue weighted by Gasteiger charge is -2.11. The summed E-state index contributed by atoms with van der Waals surface area (Å²) in [5.74, 6) is 0.791. The number of carbonyl (C=O) groups is 1. The Hall–Kier alpha value is -0.870. The predicted molar refractivity (Wildman–Crippen MR) is 71.0 cm³/mol. The minimum Gasteiger partial charge on any atom is -0.355 e. The summed E-state index contributed by atoms with van der Waals surface area (Å²) in [6, 6.07) is 4.33. The van der Waals surface area contributed by atoms with Gasteiger partial charge in [-0.15, -0.1) is 11.3 Å². The fourth-order valence-electron chi connectivity index (χ4n) is 1.89. The zero-order valence-corrected chi connectivity index (χ0v) is 10.8. The molecule has 0 radical (unpaired) electrons. The van der Waals surface area contributed by atoms with Crippen LogP contribution in [0.3, 0.4) is 0 Å². The van der Waals surface area contributed by atoms with Crippen molar-refractivity contribution in [3.05, 3.63) is 22.4 Å². The van der Waals surface area contributed by atoms with Gasteiger partial charge in [-0.05, 0) is 43.0 Å². The number of carbonyl (C=O) groups excluding carboxylic acids is 1. The highest BCUT2D eigenvalue weighted by atomic mass is 32.1. The molecule has 1 aromatic heterocycles. The van der Waals surface area contributed by atoms with E-state index in [0.717, 1.165) is 12.8 Å². The zero-order valence-electron chi connectivity index (χ0n) is 10.0. The maximum atomic E-state index is 11.6. The second-order valence-corrected chi connectivity index (χ2v) is 5.77. The summed E-state index contributed by atoms with van der Waals surface area (Å²) in [5, 5.41) is 5.00. The second-order valence-electron chi connectivity index (χ2n) is 4.74. The summed E-state index contributed by atoms with van der Waals surface area (Å²) in [4.78, 5) is 12.9. The number of aryl methyl sites for hydroxylation is 1. The van der Waals surface area contributed by atoms with E-state index < -0.39 is 0 Å². The maximum Gasteiger partial charge on any atom is 0.220 e. The van der Waals surface area contributed by atoms with E-state index in [1.54, 1.807) is 11.3 Å². The lowest BCUT2D eigenvalue weighted by Crippen LogP contribution is -2.38. The van der Waals surface area contributed by atoms with Gasteiger partial charge in [0.25, 0.3) is 0 Å². The highest BCUT2D eigenvalue weighted by Gasteiger charge is 2.28. The van der Waals surface area contributed by atoms with Crippen molar-refractivity contribution in [3.63, 3.8) is 0 Å². The molecular formula is C13H20N2OS. The van der Waals surface area contributed by atoms with Gasteiger partial charge in [0.2, 0.25) is 5.91 Å². The van der Waals surface area contributed by atoms with E-state index in [-0.39, 0.29) is 11.9 Å². The normalized spacial score (nSPS) is 16.8. The summed E-state index contributed by atoms with van der Waals surface area (Å²) >= 11 is 1.75. The summed E-state index contributed by atoms with van der Waals surface area (Å²) in [5.41, 5.74) is 5.92. The van der Waals surface area contributed by atoms with Crippen LogP contribution in [0.5, 0.6) is 0 Å². The number of nitrogens with two attached hydrogens (primary N) is 1. The number of hydrogen-bond acceptors (Lipinski definition) is 3. The number of amides is 1. The van der Waals surface area contributed by atoms with Crippen LogP contribution < -0.4 is 11.1 Å². The topological polar surface area (TPSA) is 55.1 Å². The van der Waals surface area contributed by atoms with E-state index in [9.17, 15) is 4.79 Å².